The van der Waals surface area contributed by atoms with E-state index >= 15 is 0 Å². The minimum atomic E-state index is -4.62. The van der Waals surface area contributed by atoms with E-state index in [0.29, 0.717) is 16.8 Å². The van der Waals surface area contributed by atoms with Crippen LogP contribution in [0.25, 0.3) is 10.4 Å². The predicted octanol–water partition coefficient (Wildman–Crippen LogP) is 5.35. The van der Waals surface area contributed by atoms with Gasteiger partial charge in [-0.3, -0.25) is 9.59 Å². The summed E-state index contributed by atoms with van der Waals surface area (Å²) in [5.41, 5.74) is -0.114. The zero-order valence-corrected chi connectivity index (χ0v) is 21.2. The lowest BCUT2D eigenvalue weighted by atomic mass is 9.96. The number of rotatable bonds is 6. The number of carbonyl (C=O) groups excluding carboxylic acids is 1. The maximum Gasteiger partial charge on any atom is 0.416 e. The van der Waals surface area contributed by atoms with Crippen LogP contribution < -0.4 is 10.9 Å². The van der Waals surface area contributed by atoms with Crippen molar-refractivity contribution in [3.05, 3.63) is 110 Å². The van der Waals surface area contributed by atoms with Crippen LogP contribution in [0.4, 0.5) is 13.2 Å². The number of hydrogen-bond donors (Lipinski definition) is 2. The summed E-state index contributed by atoms with van der Waals surface area (Å²) in [6.45, 7) is 1.70. The van der Waals surface area contributed by atoms with Gasteiger partial charge in [0.25, 0.3) is 11.5 Å². The SMILES string of the molecule is Cc1[nH]c(=O)c(C(=O)NC(c2ccc(S(C)(=O)=O)cc2)c2cccc(C(F)(F)F)c2)cc1-c1cccs1. The number of benzene rings is 2. The molecule has 2 aromatic carbocycles. The summed E-state index contributed by atoms with van der Waals surface area (Å²) in [7, 11) is -3.52. The molecule has 192 valence electrons. The number of nitrogens with one attached hydrogen (secondary N) is 2. The molecule has 4 aromatic rings. The van der Waals surface area contributed by atoms with Crippen LogP contribution in [-0.4, -0.2) is 25.6 Å². The molecule has 0 aliphatic rings. The van der Waals surface area contributed by atoms with Crippen molar-refractivity contribution < 1.29 is 26.4 Å². The van der Waals surface area contributed by atoms with Gasteiger partial charge >= 0.3 is 6.18 Å². The molecule has 4 rings (SSSR count). The number of sulfone groups is 1. The van der Waals surface area contributed by atoms with Gasteiger partial charge in [-0.15, -0.1) is 11.3 Å². The Morgan fingerprint density at radius 1 is 1.00 bits per heavy atom. The lowest BCUT2D eigenvalue weighted by molar-refractivity contribution is -0.137. The number of thiophene rings is 1. The van der Waals surface area contributed by atoms with Crippen molar-refractivity contribution in [2.75, 3.05) is 6.26 Å². The van der Waals surface area contributed by atoms with E-state index in [-0.39, 0.29) is 16.0 Å². The first-order valence-electron chi connectivity index (χ1n) is 10.9. The lowest BCUT2D eigenvalue weighted by Crippen LogP contribution is -2.33. The van der Waals surface area contributed by atoms with E-state index in [1.165, 1.54) is 53.8 Å². The Morgan fingerprint density at radius 3 is 2.30 bits per heavy atom. The number of aromatic nitrogens is 1. The van der Waals surface area contributed by atoms with Gasteiger partial charge in [-0.2, -0.15) is 13.2 Å². The molecule has 0 aliphatic heterocycles. The third-order valence-electron chi connectivity index (χ3n) is 5.73. The van der Waals surface area contributed by atoms with Gasteiger partial charge in [-0.05, 0) is 59.8 Å². The van der Waals surface area contributed by atoms with Crippen molar-refractivity contribution in [3.63, 3.8) is 0 Å². The van der Waals surface area contributed by atoms with E-state index in [2.05, 4.69) is 10.3 Å². The van der Waals surface area contributed by atoms with E-state index in [4.69, 9.17) is 0 Å². The van der Waals surface area contributed by atoms with Crippen molar-refractivity contribution in [1.82, 2.24) is 10.3 Å². The molecule has 1 amide bonds. The van der Waals surface area contributed by atoms with Crippen LogP contribution >= 0.6 is 11.3 Å². The number of pyridine rings is 1. The van der Waals surface area contributed by atoms with Crippen molar-refractivity contribution in [1.29, 1.82) is 0 Å². The quantitative estimate of drug-likeness (QED) is 0.341. The average molecular weight is 547 g/mol. The number of aromatic amines is 1. The number of halogens is 3. The van der Waals surface area contributed by atoms with Crippen molar-refractivity contribution in [2.45, 2.75) is 24.0 Å². The molecule has 2 N–H and O–H groups in total. The number of alkyl halides is 3. The van der Waals surface area contributed by atoms with Crippen LogP contribution in [0.1, 0.15) is 38.8 Å². The van der Waals surface area contributed by atoms with Crippen molar-refractivity contribution in [3.8, 4) is 10.4 Å². The van der Waals surface area contributed by atoms with Crippen LogP contribution in [0.15, 0.2) is 81.8 Å². The Kier molecular flexibility index (Phi) is 7.11. The van der Waals surface area contributed by atoms with Gasteiger partial charge in [-0.25, -0.2) is 8.42 Å². The highest BCUT2D eigenvalue weighted by molar-refractivity contribution is 7.90. The molecule has 2 aromatic heterocycles. The van der Waals surface area contributed by atoms with Gasteiger partial charge < -0.3 is 10.3 Å². The number of amides is 1. The molecule has 0 bridgehead atoms. The molecule has 6 nitrogen and oxygen atoms in total. The molecule has 1 unspecified atom stereocenters. The summed E-state index contributed by atoms with van der Waals surface area (Å²) in [6.07, 6.45) is -3.59. The zero-order chi connectivity index (χ0) is 27.0. The first-order valence-corrected chi connectivity index (χ1v) is 13.7. The standard InChI is InChI=1S/C26H21F3N2O4S2/c1-15-20(22-7-4-12-36-22)14-21(24(32)30-15)25(33)31-23(16-8-10-19(11-9-16)37(2,34)35)17-5-3-6-18(13-17)26(27,28)29/h3-14,23H,1-2H3,(H,30,32)(H,31,33). The zero-order valence-electron chi connectivity index (χ0n) is 19.6. The molecule has 11 heteroatoms. The fourth-order valence-corrected chi connectivity index (χ4v) is 5.28. The van der Waals surface area contributed by atoms with Gasteiger partial charge in [-0.1, -0.05) is 30.3 Å². The van der Waals surface area contributed by atoms with Crippen LogP contribution in [0, 0.1) is 6.92 Å². The van der Waals surface area contributed by atoms with E-state index in [1.54, 1.807) is 6.92 Å². The number of carbonyl (C=O) groups is 1. The molecular weight excluding hydrogens is 525 g/mol. The molecule has 0 aliphatic carbocycles. The molecule has 1 atom stereocenters. The van der Waals surface area contributed by atoms with Crippen molar-refractivity contribution >= 4 is 27.1 Å². The van der Waals surface area contributed by atoms with E-state index < -0.39 is 39.1 Å². The van der Waals surface area contributed by atoms with Gasteiger partial charge in [0.05, 0.1) is 16.5 Å². The normalized spacial score (nSPS) is 12.8. The fraction of sp³-hybridized carbons (Fsp3) is 0.154. The minimum absolute atomic E-state index is 0.0148. The molecular formula is C26H21F3N2O4S2. The molecule has 0 radical (unpaired) electrons. The average Bonchev–Trinajstić information content (AvgIpc) is 3.36. The Labute approximate surface area is 214 Å². The molecule has 0 spiro atoms. The Hall–Kier alpha value is -3.70. The third kappa shape index (κ3) is 5.83. The van der Waals surface area contributed by atoms with Crippen LogP contribution in [0.2, 0.25) is 0 Å². The summed E-state index contributed by atoms with van der Waals surface area (Å²) < 4.78 is 64.0. The molecule has 2 heterocycles. The monoisotopic (exact) mass is 546 g/mol. The highest BCUT2D eigenvalue weighted by Gasteiger charge is 2.31. The first-order chi connectivity index (χ1) is 17.3. The van der Waals surface area contributed by atoms with E-state index in [0.717, 1.165) is 23.3 Å². The Morgan fingerprint density at radius 2 is 1.70 bits per heavy atom. The van der Waals surface area contributed by atoms with Gasteiger partial charge in [0.15, 0.2) is 9.84 Å². The van der Waals surface area contributed by atoms with Crippen molar-refractivity contribution in [2.24, 2.45) is 0 Å². The smallest absolute Gasteiger partial charge is 0.341 e. The van der Waals surface area contributed by atoms with Gasteiger partial charge in [0.2, 0.25) is 0 Å². The summed E-state index contributed by atoms with van der Waals surface area (Å²) in [6, 6.07) is 13.9. The second kappa shape index (κ2) is 9.98. The maximum absolute atomic E-state index is 13.4. The Bertz CT molecular complexity index is 1610. The third-order valence-corrected chi connectivity index (χ3v) is 7.77. The topological polar surface area (TPSA) is 96.1 Å². The summed E-state index contributed by atoms with van der Waals surface area (Å²) in [4.78, 5) is 29.5. The number of H-pyrrole nitrogens is 1. The van der Waals surface area contributed by atoms with Crippen LogP contribution in [0.3, 0.4) is 0 Å². The maximum atomic E-state index is 13.4. The second-order valence-electron chi connectivity index (χ2n) is 8.40. The molecule has 0 fully saturated rings. The summed E-state index contributed by atoms with van der Waals surface area (Å²) >= 11 is 1.42. The summed E-state index contributed by atoms with van der Waals surface area (Å²) in [5.74, 6) is -0.798. The highest BCUT2D eigenvalue weighted by atomic mass is 32.2. The van der Waals surface area contributed by atoms with E-state index in [1.807, 2.05) is 17.5 Å². The van der Waals surface area contributed by atoms with Crippen LogP contribution in [0.5, 0.6) is 0 Å². The van der Waals surface area contributed by atoms with E-state index in [9.17, 15) is 31.2 Å². The van der Waals surface area contributed by atoms with Crippen LogP contribution in [-0.2, 0) is 16.0 Å². The Balaban J connectivity index is 1.78. The lowest BCUT2D eigenvalue weighted by Gasteiger charge is -2.21. The fourth-order valence-electron chi connectivity index (χ4n) is 3.85. The minimum Gasteiger partial charge on any atom is -0.341 e. The second-order valence-corrected chi connectivity index (χ2v) is 11.4. The number of hydrogen-bond acceptors (Lipinski definition) is 5. The predicted molar refractivity (Wildman–Crippen MR) is 135 cm³/mol. The van der Waals surface area contributed by atoms with Gasteiger partial charge in [0.1, 0.15) is 5.56 Å². The summed E-state index contributed by atoms with van der Waals surface area (Å²) in [5, 5.41) is 4.51. The molecule has 37 heavy (non-hydrogen) atoms. The largest absolute Gasteiger partial charge is 0.416 e. The number of aryl methyl sites for hydroxylation is 1. The molecule has 0 saturated heterocycles. The highest BCUT2D eigenvalue weighted by Crippen LogP contribution is 2.33. The van der Waals surface area contributed by atoms with Gasteiger partial charge in [0, 0.05) is 22.4 Å². The first kappa shape index (κ1) is 26.4. The molecule has 0 saturated carbocycles.